The zero-order chi connectivity index (χ0) is 14.5. The lowest BCUT2D eigenvalue weighted by Crippen LogP contribution is -2.21. The van der Waals surface area contributed by atoms with Gasteiger partial charge in [0.1, 0.15) is 5.35 Å². The summed E-state index contributed by atoms with van der Waals surface area (Å²) in [6.07, 6.45) is 6.79. The summed E-state index contributed by atoms with van der Waals surface area (Å²) < 4.78 is 5.10. The summed E-state index contributed by atoms with van der Waals surface area (Å²) >= 11 is 0. The Labute approximate surface area is 120 Å². The lowest BCUT2D eigenvalue weighted by atomic mass is 10.2. The minimum absolute atomic E-state index is 0.291. The van der Waals surface area contributed by atoms with Crippen LogP contribution in [0.4, 0.5) is 0 Å². The van der Waals surface area contributed by atoms with Crippen molar-refractivity contribution in [3.63, 3.8) is 0 Å². The van der Waals surface area contributed by atoms with Crippen LogP contribution in [0.25, 0.3) is 17.9 Å². The van der Waals surface area contributed by atoms with Gasteiger partial charge < -0.3 is 9.40 Å². The summed E-state index contributed by atoms with van der Waals surface area (Å²) in [6, 6.07) is 13.3. The van der Waals surface area contributed by atoms with Gasteiger partial charge in [0.25, 0.3) is 0 Å². The van der Waals surface area contributed by atoms with Crippen LogP contribution in [0.5, 0.6) is 0 Å². The summed E-state index contributed by atoms with van der Waals surface area (Å²) in [4.78, 5) is 18.6. The Bertz CT molecular complexity index is 932. The Morgan fingerprint density at radius 3 is 2.67 bits per heavy atom. The number of H-pyrrole nitrogens is 1. The minimum atomic E-state index is -0.428. The van der Waals surface area contributed by atoms with Crippen LogP contribution in [-0.4, -0.2) is 9.97 Å². The van der Waals surface area contributed by atoms with Gasteiger partial charge in [0, 0.05) is 12.4 Å². The van der Waals surface area contributed by atoms with Crippen molar-refractivity contribution in [1.29, 1.82) is 0 Å². The van der Waals surface area contributed by atoms with Crippen molar-refractivity contribution >= 4 is 17.9 Å². The lowest BCUT2D eigenvalue weighted by Gasteiger charge is -1.86. The van der Waals surface area contributed by atoms with Crippen molar-refractivity contribution in [2.24, 2.45) is 0 Å². The lowest BCUT2D eigenvalue weighted by molar-refractivity contribution is 0.487. The fraction of sp³-hybridized carbons (Fsp3) is 0. The third kappa shape index (κ3) is 3.26. The number of rotatable bonds is 2. The minimum Gasteiger partial charge on any atom is -0.397 e. The van der Waals surface area contributed by atoms with E-state index in [1.807, 2.05) is 36.4 Å². The van der Waals surface area contributed by atoms with Crippen LogP contribution in [0, 0.1) is 0 Å². The molecule has 0 amide bonds. The number of oxazole rings is 1. The normalized spacial score (nSPS) is 11.1. The Hall–Kier alpha value is -3.10. The molecule has 0 unspecified atom stereocenters. The van der Waals surface area contributed by atoms with Gasteiger partial charge in [-0.2, -0.15) is 0 Å². The van der Waals surface area contributed by atoms with E-state index in [1.165, 1.54) is 0 Å². The van der Waals surface area contributed by atoms with E-state index in [2.05, 4.69) is 15.7 Å². The number of nitrogens with zero attached hydrogens (tertiary/aromatic N) is 1. The first-order valence-electron chi connectivity index (χ1n) is 6.44. The second kappa shape index (κ2) is 5.90. The van der Waals surface area contributed by atoms with Crippen molar-refractivity contribution in [3.05, 3.63) is 87.3 Å². The first-order valence-corrected chi connectivity index (χ1v) is 6.44. The molecule has 1 aromatic carbocycles. The number of pyridine rings is 1. The smallest absolute Gasteiger partial charge is 0.362 e. The molecule has 1 N–H and O–H groups in total. The monoisotopic (exact) mass is 276 g/mol. The molecule has 0 radical (unpaired) electrons. The van der Waals surface area contributed by atoms with Gasteiger partial charge in [0.05, 0.1) is 0 Å². The molecule has 102 valence electrons. The quantitative estimate of drug-likeness (QED) is 0.767. The van der Waals surface area contributed by atoms with Crippen molar-refractivity contribution in [1.82, 2.24) is 9.97 Å². The van der Waals surface area contributed by atoms with Crippen LogP contribution in [0.15, 0.2) is 64.1 Å². The molecule has 0 aliphatic heterocycles. The topological polar surface area (TPSA) is 58.9 Å². The van der Waals surface area contributed by atoms with E-state index < -0.39 is 5.63 Å². The third-order valence-electron chi connectivity index (χ3n) is 2.83. The first kappa shape index (κ1) is 12.9. The number of hydrogen-bond donors (Lipinski definition) is 1. The molecule has 0 saturated carbocycles. The molecule has 3 rings (SSSR count). The van der Waals surface area contributed by atoms with Gasteiger partial charge in [-0.3, -0.25) is 4.98 Å². The zero-order valence-corrected chi connectivity index (χ0v) is 11.1. The molecular formula is C17H12N2O2. The van der Waals surface area contributed by atoms with E-state index in [0.717, 1.165) is 11.1 Å². The molecule has 0 fully saturated rings. The number of aromatic nitrogens is 2. The molecule has 0 aliphatic carbocycles. The molecular weight excluding hydrogens is 264 g/mol. The molecule has 4 heteroatoms. The largest absolute Gasteiger partial charge is 0.397 e. The molecule has 0 saturated heterocycles. The van der Waals surface area contributed by atoms with Gasteiger partial charge in [-0.15, -0.1) is 0 Å². The highest BCUT2D eigenvalue weighted by molar-refractivity contribution is 5.57. The zero-order valence-electron chi connectivity index (χ0n) is 11.1. The molecule has 2 aromatic heterocycles. The fourth-order valence-corrected chi connectivity index (χ4v) is 1.83. The van der Waals surface area contributed by atoms with E-state index in [1.54, 1.807) is 30.6 Å². The van der Waals surface area contributed by atoms with Crippen molar-refractivity contribution < 1.29 is 4.42 Å². The van der Waals surface area contributed by atoms with Crippen molar-refractivity contribution in [3.8, 4) is 0 Å². The fourth-order valence-electron chi connectivity index (χ4n) is 1.83. The van der Waals surface area contributed by atoms with Crippen LogP contribution >= 0.6 is 0 Å². The highest BCUT2D eigenvalue weighted by atomic mass is 16.4. The van der Waals surface area contributed by atoms with E-state index >= 15 is 0 Å². The van der Waals surface area contributed by atoms with Crippen LogP contribution < -0.4 is 16.5 Å². The Morgan fingerprint density at radius 2 is 1.90 bits per heavy atom. The van der Waals surface area contributed by atoms with E-state index in [4.69, 9.17) is 4.42 Å². The van der Waals surface area contributed by atoms with Gasteiger partial charge in [-0.25, -0.2) is 4.79 Å². The number of nitrogens with one attached hydrogen (secondary N) is 1. The van der Waals surface area contributed by atoms with Gasteiger partial charge in [-0.05, 0) is 29.3 Å². The van der Waals surface area contributed by atoms with Crippen LogP contribution in [0.1, 0.15) is 11.1 Å². The van der Waals surface area contributed by atoms with Crippen LogP contribution in [-0.2, 0) is 0 Å². The second-order valence-electron chi connectivity index (χ2n) is 4.39. The Balaban J connectivity index is 2.05. The summed E-state index contributed by atoms with van der Waals surface area (Å²) in [5.41, 5.74) is 4.59. The first-order chi connectivity index (χ1) is 10.3. The van der Waals surface area contributed by atoms with Gasteiger partial charge in [0.15, 0.2) is 0 Å². The maximum Gasteiger partial charge on any atom is 0.362 e. The number of benzene rings is 1. The SMILES string of the molecule is O=c1oc(=C=Cc2ccccc2)[nH]/c1=C\c1cccnc1. The molecule has 0 aliphatic rings. The summed E-state index contributed by atoms with van der Waals surface area (Å²) in [6.45, 7) is 0. The van der Waals surface area contributed by atoms with E-state index in [9.17, 15) is 4.79 Å². The third-order valence-corrected chi connectivity index (χ3v) is 2.83. The summed E-state index contributed by atoms with van der Waals surface area (Å²) in [5, 5.41) is 0.368. The number of aromatic amines is 1. The average Bonchev–Trinajstić information content (AvgIpc) is 2.87. The molecule has 0 bridgehead atoms. The standard InChI is InChI=1S/C17H12N2O2/c20-17-15(11-14-7-4-10-18-12-14)19-16(21-17)9-8-13-5-2-1-3-6-13/h1-8,10-12,19H/b15-11-. The maximum atomic E-state index is 11.8. The summed E-state index contributed by atoms with van der Waals surface area (Å²) in [7, 11) is 0. The molecule has 2 heterocycles. The van der Waals surface area contributed by atoms with Gasteiger partial charge in [0.2, 0.25) is 5.55 Å². The molecule has 0 atom stereocenters. The van der Waals surface area contributed by atoms with Gasteiger partial charge >= 0.3 is 5.63 Å². The Morgan fingerprint density at radius 1 is 1.10 bits per heavy atom. The highest BCUT2D eigenvalue weighted by Gasteiger charge is 1.95. The van der Waals surface area contributed by atoms with Crippen molar-refractivity contribution in [2.75, 3.05) is 0 Å². The van der Waals surface area contributed by atoms with E-state index in [-0.39, 0.29) is 0 Å². The highest BCUT2D eigenvalue weighted by Crippen LogP contribution is 1.98. The molecule has 21 heavy (non-hydrogen) atoms. The van der Waals surface area contributed by atoms with Crippen LogP contribution in [0.3, 0.4) is 0 Å². The predicted molar refractivity (Wildman–Crippen MR) is 80.7 cm³/mol. The maximum absolute atomic E-state index is 11.8. The predicted octanol–water partition coefficient (Wildman–Crippen LogP) is 1.28. The molecule has 3 aromatic rings. The second-order valence-corrected chi connectivity index (χ2v) is 4.39. The average molecular weight is 276 g/mol. The molecule has 0 spiro atoms. The van der Waals surface area contributed by atoms with Crippen molar-refractivity contribution in [2.45, 2.75) is 0 Å². The van der Waals surface area contributed by atoms with E-state index in [0.29, 0.717) is 10.9 Å². The summed E-state index contributed by atoms with van der Waals surface area (Å²) in [5.74, 6) is 0. The van der Waals surface area contributed by atoms with Gasteiger partial charge in [-0.1, -0.05) is 42.1 Å². The molecule has 4 nitrogen and oxygen atoms in total. The number of hydrogen-bond acceptors (Lipinski definition) is 3. The van der Waals surface area contributed by atoms with Crippen LogP contribution in [0.2, 0.25) is 0 Å². The Kier molecular flexibility index (Phi) is 3.63.